The highest BCUT2D eigenvalue weighted by Crippen LogP contribution is 2.35. The molecule has 0 amide bonds. The van der Waals surface area contributed by atoms with Gasteiger partial charge >= 0.3 is 6.18 Å². The van der Waals surface area contributed by atoms with Gasteiger partial charge < -0.3 is 5.32 Å². The van der Waals surface area contributed by atoms with Crippen LogP contribution in [0.2, 0.25) is 5.02 Å². The van der Waals surface area contributed by atoms with Gasteiger partial charge in [0.2, 0.25) is 0 Å². The van der Waals surface area contributed by atoms with Crippen LogP contribution in [-0.4, -0.2) is 5.84 Å². The number of halogens is 6. The fraction of sp³-hybridized carbons (Fsp3) is 0.0909. The second-order valence-corrected chi connectivity index (χ2v) is 7.53. The lowest BCUT2D eigenvalue weighted by molar-refractivity contribution is -0.137. The summed E-state index contributed by atoms with van der Waals surface area (Å²) in [5, 5.41) is 4.66. The smallest absolute Gasteiger partial charge is 0.379 e. The zero-order valence-corrected chi connectivity index (χ0v) is 16.2. The average molecular weight is 448 g/mol. The normalized spacial score (nSPS) is 16.7. The number of rotatable bonds is 2. The van der Waals surface area contributed by atoms with Crippen LogP contribution in [0.3, 0.4) is 0 Å². The third-order valence-corrected chi connectivity index (χ3v) is 5.46. The first-order valence-electron chi connectivity index (χ1n) is 9.10. The molecule has 2 heterocycles. The van der Waals surface area contributed by atoms with Crippen molar-refractivity contribution in [3.63, 3.8) is 0 Å². The lowest BCUT2D eigenvalue weighted by atomic mass is 9.97. The van der Waals surface area contributed by atoms with Gasteiger partial charge in [0.15, 0.2) is 5.84 Å². The molecule has 0 bridgehead atoms. The first-order valence-corrected chi connectivity index (χ1v) is 9.48. The maximum absolute atomic E-state index is 13.9. The van der Waals surface area contributed by atoms with Crippen LogP contribution < -0.4 is 15.9 Å². The summed E-state index contributed by atoms with van der Waals surface area (Å²) in [6.07, 6.45) is -2.98. The van der Waals surface area contributed by atoms with E-state index in [4.69, 9.17) is 11.6 Å². The molecular formula is C22H11ClF5N3. The topological polar surface area (TPSA) is 36.8 Å². The van der Waals surface area contributed by atoms with Crippen LogP contribution >= 0.6 is 11.6 Å². The highest BCUT2D eigenvalue weighted by atomic mass is 35.5. The number of nitrogens with zero attached hydrogens (tertiary/aromatic N) is 2. The zero-order valence-electron chi connectivity index (χ0n) is 15.4. The number of fused-ring (bicyclic) bond motifs is 3. The molecule has 0 aromatic heterocycles. The summed E-state index contributed by atoms with van der Waals surface area (Å²) in [4.78, 5) is 8.70. The molecule has 1 unspecified atom stereocenters. The Hall–Kier alpha value is -3.26. The Morgan fingerprint density at radius 2 is 1.71 bits per heavy atom. The minimum absolute atomic E-state index is 0.0376. The van der Waals surface area contributed by atoms with Crippen LogP contribution in [0.4, 0.5) is 27.6 Å². The lowest BCUT2D eigenvalue weighted by Gasteiger charge is -2.16. The van der Waals surface area contributed by atoms with Crippen molar-refractivity contribution in [1.82, 2.24) is 5.32 Å². The molecule has 1 N–H and O–H groups in total. The molecule has 2 aliphatic rings. The van der Waals surface area contributed by atoms with Crippen LogP contribution in [-0.2, 0) is 6.18 Å². The summed E-state index contributed by atoms with van der Waals surface area (Å²) in [7, 11) is 0. The Balaban J connectivity index is 1.64. The van der Waals surface area contributed by atoms with Gasteiger partial charge in [0.1, 0.15) is 11.6 Å². The number of benzene rings is 3. The SMILES string of the molecule is Fc1cc(C2=Nc3c4c(ccc3=N2)=CNC4c2cc(F)ccc2Cl)cc(C(F)(F)F)c1. The third kappa shape index (κ3) is 3.37. The first-order chi connectivity index (χ1) is 14.7. The molecule has 3 aromatic carbocycles. The van der Waals surface area contributed by atoms with Gasteiger partial charge in [-0.3, -0.25) is 0 Å². The van der Waals surface area contributed by atoms with Gasteiger partial charge in [0, 0.05) is 27.9 Å². The molecule has 31 heavy (non-hydrogen) atoms. The number of alkyl halides is 3. The summed E-state index contributed by atoms with van der Waals surface area (Å²) >= 11 is 6.27. The molecule has 9 heteroatoms. The van der Waals surface area contributed by atoms with E-state index in [9.17, 15) is 22.0 Å². The van der Waals surface area contributed by atoms with Gasteiger partial charge in [-0.25, -0.2) is 18.8 Å². The second-order valence-electron chi connectivity index (χ2n) is 7.12. The van der Waals surface area contributed by atoms with E-state index in [-0.39, 0.29) is 11.4 Å². The summed E-state index contributed by atoms with van der Waals surface area (Å²) in [5.41, 5.74) is 0.348. The average Bonchev–Trinajstić information content (AvgIpc) is 3.32. The lowest BCUT2D eigenvalue weighted by Crippen LogP contribution is -2.17. The van der Waals surface area contributed by atoms with E-state index in [2.05, 4.69) is 15.3 Å². The molecule has 0 radical (unpaired) electrons. The van der Waals surface area contributed by atoms with E-state index in [0.717, 1.165) is 17.4 Å². The number of hydrogen-bond acceptors (Lipinski definition) is 3. The minimum atomic E-state index is -4.71. The van der Waals surface area contributed by atoms with Crippen LogP contribution in [0.25, 0.3) is 6.20 Å². The first kappa shape index (κ1) is 19.7. The highest BCUT2D eigenvalue weighted by Gasteiger charge is 2.32. The molecule has 0 spiro atoms. The second kappa shape index (κ2) is 6.88. The number of amidine groups is 1. The Bertz CT molecular complexity index is 1400. The molecule has 5 rings (SSSR count). The van der Waals surface area contributed by atoms with E-state index >= 15 is 0 Å². The van der Waals surface area contributed by atoms with Crippen molar-refractivity contribution in [2.24, 2.45) is 9.98 Å². The van der Waals surface area contributed by atoms with E-state index in [0.29, 0.717) is 33.3 Å². The van der Waals surface area contributed by atoms with Crippen molar-refractivity contribution in [3.05, 3.63) is 98.0 Å². The van der Waals surface area contributed by atoms with Crippen molar-refractivity contribution in [2.45, 2.75) is 12.2 Å². The quantitative estimate of drug-likeness (QED) is 0.564. The van der Waals surface area contributed by atoms with Crippen LogP contribution in [0.15, 0.2) is 58.5 Å². The van der Waals surface area contributed by atoms with Gasteiger partial charge in [-0.1, -0.05) is 17.7 Å². The molecule has 156 valence electrons. The van der Waals surface area contributed by atoms with Crippen molar-refractivity contribution in [1.29, 1.82) is 0 Å². The van der Waals surface area contributed by atoms with Crippen LogP contribution in [0.1, 0.15) is 28.3 Å². The van der Waals surface area contributed by atoms with Crippen molar-refractivity contribution < 1.29 is 22.0 Å². The fourth-order valence-electron chi connectivity index (χ4n) is 3.74. The Kier molecular flexibility index (Phi) is 4.37. The predicted molar refractivity (Wildman–Crippen MR) is 106 cm³/mol. The standard InChI is InChI=1S/C22H11ClF5N3/c23-16-3-2-13(24)8-15(16)19-18-10(9-29-19)1-4-17-20(18)31-21(30-17)11-5-12(22(26,27)28)7-14(25)6-11/h1-9,19,29H. The molecule has 0 aliphatic carbocycles. The van der Waals surface area contributed by atoms with Gasteiger partial charge in [0.05, 0.1) is 22.6 Å². The van der Waals surface area contributed by atoms with Crippen molar-refractivity contribution >= 4 is 29.3 Å². The van der Waals surface area contributed by atoms with E-state index in [1.54, 1.807) is 18.3 Å². The van der Waals surface area contributed by atoms with Gasteiger partial charge in [-0.2, -0.15) is 13.2 Å². The molecule has 2 aliphatic heterocycles. The molecular weight excluding hydrogens is 437 g/mol. The molecule has 0 saturated carbocycles. The largest absolute Gasteiger partial charge is 0.416 e. The number of aliphatic imine (C=N–C) groups is 1. The number of nitrogens with one attached hydrogen (secondary N) is 1. The van der Waals surface area contributed by atoms with Gasteiger partial charge in [-0.05, 0) is 47.7 Å². The maximum atomic E-state index is 13.9. The maximum Gasteiger partial charge on any atom is 0.416 e. The van der Waals surface area contributed by atoms with E-state index in [1.807, 2.05) is 0 Å². The predicted octanol–water partition coefficient (Wildman–Crippen LogP) is 4.78. The zero-order chi connectivity index (χ0) is 21.9. The molecule has 3 nitrogen and oxygen atoms in total. The summed E-state index contributed by atoms with van der Waals surface area (Å²) in [6, 6.07) is 9.09. The van der Waals surface area contributed by atoms with Crippen molar-refractivity contribution in [2.75, 3.05) is 0 Å². The Morgan fingerprint density at radius 3 is 2.48 bits per heavy atom. The molecule has 0 saturated heterocycles. The highest BCUT2D eigenvalue weighted by molar-refractivity contribution is 6.31. The van der Waals surface area contributed by atoms with Gasteiger partial charge in [-0.15, -0.1) is 0 Å². The summed E-state index contributed by atoms with van der Waals surface area (Å²) in [5.74, 6) is -1.54. The molecule has 0 fully saturated rings. The van der Waals surface area contributed by atoms with Crippen LogP contribution in [0.5, 0.6) is 0 Å². The third-order valence-electron chi connectivity index (χ3n) is 5.12. The van der Waals surface area contributed by atoms with E-state index in [1.165, 1.54) is 18.2 Å². The summed E-state index contributed by atoms with van der Waals surface area (Å²) in [6.45, 7) is 0. The number of hydrogen-bond donors (Lipinski definition) is 1. The monoisotopic (exact) mass is 447 g/mol. The van der Waals surface area contributed by atoms with E-state index < -0.39 is 29.4 Å². The molecule has 1 atom stereocenters. The van der Waals surface area contributed by atoms with Gasteiger partial charge in [0.25, 0.3) is 0 Å². The van der Waals surface area contributed by atoms with Crippen molar-refractivity contribution in [3.8, 4) is 0 Å². The fourth-order valence-corrected chi connectivity index (χ4v) is 3.97. The molecule has 3 aromatic rings. The Labute approximate surface area is 177 Å². The van der Waals surface area contributed by atoms with Crippen LogP contribution in [0, 0.1) is 11.6 Å². The minimum Gasteiger partial charge on any atom is -0.379 e. The summed E-state index contributed by atoms with van der Waals surface area (Å²) < 4.78 is 67.0. The Morgan fingerprint density at radius 1 is 0.903 bits per heavy atom.